The SMILES string of the molecule is c1ccc2c(c1)N[C@@H]1CCCNC[C@H]21. The third-order valence-corrected chi connectivity index (χ3v) is 3.42. The van der Waals surface area contributed by atoms with Crippen molar-refractivity contribution >= 4 is 5.69 Å². The molecule has 0 amide bonds. The quantitative estimate of drug-likeness (QED) is 0.650. The molecule has 0 spiro atoms. The Morgan fingerprint density at radius 1 is 1.21 bits per heavy atom. The fourth-order valence-corrected chi connectivity index (χ4v) is 2.70. The first-order valence-corrected chi connectivity index (χ1v) is 5.51. The Bertz CT molecular complexity index is 335. The molecule has 14 heavy (non-hydrogen) atoms. The van der Waals surface area contributed by atoms with Gasteiger partial charge in [0, 0.05) is 24.2 Å². The van der Waals surface area contributed by atoms with E-state index in [0.717, 1.165) is 6.54 Å². The molecule has 2 aliphatic rings. The third-order valence-electron chi connectivity index (χ3n) is 3.42. The summed E-state index contributed by atoms with van der Waals surface area (Å²) in [5.74, 6) is 0.689. The maximum Gasteiger partial charge on any atom is 0.0379 e. The first kappa shape index (κ1) is 8.30. The molecule has 2 heterocycles. The fourth-order valence-electron chi connectivity index (χ4n) is 2.70. The van der Waals surface area contributed by atoms with Crippen molar-refractivity contribution in [3.05, 3.63) is 29.8 Å². The molecular weight excluding hydrogens is 172 g/mol. The zero-order chi connectivity index (χ0) is 9.38. The zero-order valence-corrected chi connectivity index (χ0v) is 8.29. The lowest BCUT2D eigenvalue weighted by Gasteiger charge is -2.16. The molecule has 0 saturated carbocycles. The number of para-hydroxylation sites is 1. The van der Waals surface area contributed by atoms with Gasteiger partial charge in [-0.05, 0) is 31.0 Å². The van der Waals surface area contributed by atoms with Crippen LogP contribution < -0.4 is 10.6 Å². The average molecular weight is 188 g/mol. The van der Waals surface area contributed by atoms with E-state index < -0.39 is 0 Å². The van der Waals surface area contributed by atoms with E-state index in [-0.39, 0.29) is 0 Å². The normalized spacial score (nSPS) is 30.0. The molecule has 2 atom stereocenters. The van der Waals surface area contributed by atoms with E-state index in [4.69, 9.17) is 0 Å². The van der Waals surface area contributed by atoms with Crippen molar-refractivity contribution in [1.29, 1.82) is 0 Å². The van der Waals surface area contributed by atoms with Gasteiger partial charge in [0.1, 0.15) is 0 Å². The van der Waals surface area contributed by atoms with Crippen LogP contribution in [0.3, 0.4) is 0 Å². The van der Waals surface area contributed by atoms with Crippen LogP contribution >= 0.6 is 0 Å². The van der Waals surface area contributed by atoms with Crippen LogP contribution in [0, 0.1) is 0 Å². The summed E-state index contributed by atoms with van der Waals surface area (Å²) in [6, 6.07) is 9.39. The van der Waals surface area contributed by atoms with Crippen LogP contribution in [-0.2, 0) is 0 Å². The van der Waals surface area contributed by atoms with E-state index in [0.29, 0.717) is 12.0 Å². The van der Waals surface area contributed by atoms with E-state index in [1.165, 1.54) is 30.6 Å². The topological polar surface area (TPSA) is 24.1 Å². The van der Waals surface area contributed by atoms with Gasteiger partial charge in [0.15, 0.2) is 0 Å². The van der Waals surface area contributed by atoms with Crippen LogP contribution in [0.2, 0.25) is 0 Å². The van der Waals surface area contributed by atoms with Gasteiger partial charge in [0.2, 0.25) is 0 Å². The summed E-state index contributed by atoms with van der Waals surface area (Å²) in [5, 5.41) is 7.16. The molecule has 0 aromatic heterocycles. The summed E-state index contributed by atoms with van der Waals surface area (Å²) in [5.41, 5.74) is 2.86. The molecule has 1 aromatic rings. The van der Waals surface area contributed by atoms with Gasteiger partial charge in [-0.2, -0.15) is 0 Å². The van der Waals surface area contributed by atoms with Crippen LogP contribution in [0.25, 0.3) is 0 Å². The first-order chi connectivity index (χ1) is 6.95. The maximum absolute atomic E-state index is 3.64. The number of hydrogen-bond donors (Lipinski definition) is 2. The lowest BCUT2D eigenvalue weighted by atomic mass is 9.94. The standard InChI is InChI=1S/C12H16N2/c1-2-5-11-9(4-1)10-8-13-7-3-6-12(10)14-11/h1-2,4-5,10,12-14H,3,6-8H2/t10-,12-/m1/s1. The van der Waals surface area contributed by atoms with E-state index in [1.54, 1.807) is 0 Å². The number of anilines is 1. The summed E-state index contributed by atoms with van der Waals surface area (Å²) in [7, 11) is 0. The van der Waals surface area contributed by atoms with Gasteiger partial charge in [-0.15, -0.1) is 0 Å². The molecular formula is C12H16N2. The van der Waals surface area contributed by atoms with Crippen molar-refractivity contribution in [1.82, 2.24) is 5.32 Å². The zero-order valence-electron chi connectivity index (χ0n) is 8.29. The summed E-state index contributed by atoms with van der Waals surface area (Å²) in [6.07, 6.45) is 2.59. The van der Waals surface area contributed by atoms with Gasteiger partial charge in [0.05, 0.1) is 0 Å². The minimum absolute atomic E-state index is 0.669. The molecule has 1 fully saturated rings. The second-order valence-corrected chi connectivity index (χ2v) is 4.29. The van der Waals surface area contributed by atoms with Gasteiger partial charge in [-0.1, -0.05) is 18.2 Å². The molecule has 3 rings (SSSR count). The number of rotatable bonds is 0. The van der Waals surface area contributed by atoms with Crippen molar-refractivity contribution in [2.45, 2.75) is 24.8 Å². The van der Waals surface area contributed by atoms with Crippen molar-refractivity contribution < 1.29 is 0 Å². The van der Waals surface area contributed by atoms with Crippen LogP contribution in [0.1, 0.15) is 24.3 Å². The monoisotopic (exact) mass is 188 g/mol. The second-order valence-electron chi connectivity index (χ2n) is 4.29. The lowest BCUT2D eigenvalue weighted by Crippen LogP contribution is -2.25. The molecule has 1 aromatic carbocycles. The maximum atomic E-state index is 3.64. The second kappa shape index (κ2) is 3.28. The molecule has 0 aliphatic carbocycles. The number of nitrogens with one attached hydrogen (secondary N) is 2. The Labute approximate surface area is 84.7 Å². The van der Waals surface area contributed by atoms with Gasteiger partial charge < -0.3 is 10.6 Å². The lowest BCUT2D eigenvalue weighted by molar-refractivity contribution is 0.580. The Morgan fingerprint density at radius 3 is 3.14 bits per heavy atom. The van der Waals surface area contributed by atoms with Gasteiger partial charge in [-0.3, -0.25) is 0 Å². The van der Waals surface area contributed by atoms with Crippen molar-refractivity contribution in [2.75, 3.05) is 18.4 Å². The van der Waals surface area contributed by atoms with Crippen LogP contribution in [0.15, 0.2) is 24.3 Å². The Morgan fingerprint density at radius 2 is 2.14 bits per heavy atom. The number of benzene rings is 1. The molecule has 2 heteroatoms. The highest BCUT2D eigenvalue weighted by atomic mass is 15.0. The van der Waals surface area contributed by atoms with Crippen molar-refractivity contribution in [2.24, 2.45) is 0 Å². The minimum Gasteiger partial charge on any atom is -0.381 e. The third kappa shape index (κ3) is 1.22. The Balaban J connectivity index is 1.96. The van der Waals surface area contributed by atoms with Crippen LogP contribution in [0.5, 0.6) is 0 Å². The average Bonchev–Trinajstić information content (AvgIpc) is 2.42. The molecule has 0 unspecified atom stereocenters. The predicted molar refractivity (Wildman–Crippen MR) is 58.7 cm³/mol. The van der Waals surface area contributed by atoms with Gasteiger partial charge >= 0.3 is 0 Å². The molecule has 74 valence electrons. The van der Waals surface area contributed by atoms with Crippen molar-refractivity contribution in [3.8, 4) is 0 Å². The molecule has 2 nitrogen and oxygen atoms in total. The smallest absolute Gasteiger partial charge is 0.0379 e. The molecule has 2 N–H and O–H groups in total. The van der Waals surface area contributed by atoms with Gasteiger partial charge in [0.25, 0.3) is 0 Å². The predicted octanol–water partition coefficient (Wildman–Crippen LogP) is 1.95. The Kier molecular flexibility index (Phi) is 1.95. The van der Waals surface area contributed by atoms with E-state index in [2.05, 4.69) is 34.9 Å². The van der Waals surface area contributed by atoms with Crippen molar-refractivity contribution in [3.63, 3.8) is 0 Å². The molecule has 0 bridgehead atoms. The van der Waals surface area contributed by atoms with E-state index >= 15 is 0 Å². The summed E-state index contributed by atoms with van der Waals surface area (Å²) in [6.45, 7) is 2.31. The first-order valence-electron chi connectivity index (χ1n) is 5.51. The highest BCUT2D eigenvalue weighted by molar-refractivity contribution is 5.59. The van der Waals surface area contributed by atoms with Crippen LogP contribution in [0.4, 0.5) is 5.69 Å². The van der Waals surface area contributed by atoms with E-state index in [1.807, 2.05) is 0 Å². The number of hydrogen-bond acceptors (Lipinski definition) is 2. The van der Waals surface area contributed by atoms with Gasteiger partial charge in [-0.25, -0.2) is 0 Å². The summed E-state index contributed by atoms with van der Waals surface area (Å²) < 4.78 is 0. The minimum atomic E-state index is 0.669. The summed E-state index contributed by atoms with van der Waals surface area (Å²) >= 11 is 0. The van der Waals surface area contributed by atoms with Crippen LogP contribution in [-0.4, -0.2) is 19.1 Å². The highest BCUT2D eigenvalue weighted by Gasteiger charge is 2.32. The highest BCUT2D eigenvalue weighted by Crippen LogP contribution is 2.37. The summed E-state index contributed by atoms with van der Waals surface area (Å²) in [4.78, 5) is 0. The largest absolute Gasteiger partial charge is 0.381 e. The molecule has 0 radical (unpaired) electrons. The fraction of sp³-hybridized carbons (Fsp3) is 0.500. The molecule has 2 aliphatic heterocycles. The number of fused-ring (bicyclic) bond motifs is 3. The molecule has 1 saturated heterocycles. The van der Waals surface area contributed by atoms with E-state index in [9.17, 15) is 0 Å². The Hall–Kier alpha value is -1.02.